The lowest BCUT2D eigenvalue weighted by Gasteiger charge is -2.11. The van der Waals surface area contributed by atoms with Crippen molar-refractivity contribution in [2.45, 2.75) is 6.18 Å². The first-order valence-electron chi connectivity index (χ1n) is 5.21. The van der Waals surface area contributed by atoms with Crippen LogP contribution in [-0.4, -0.2) is 0 Å². The molecule has 0 spiro atoms. The number of rotatable bonds is 3. The van der Waals surface area contributed by atoms with Crippen LogP contribution in [0.15, 0.2) is 54.6 Å². The SMILES string of the molecule is FC(F)(F)c1cccc(NOc2ccccc2)c1. The second-order valence-corrected chi connectivity index (χ2v) is 3.60. The van der Waals surface area contributed by atoms with Crippen LogP contribution in [0.2, 0.25) is 0 Å². The molecule has 5 heteroatoms. The van der Waals surface area contributed by atoms with Gasteiger partial charge in [-0.1, -0.05) is 24.3 Å². The van der Waals surface area contributed by atoms with E-state index in [1.807, 2.05) is 6.07 Å². The van der Waals surface area contributed by atoms with E-state index >= 15 is 0 Å². The quantitative estimate of drug-likeness (QED) is 0.831. The van der Waals surface area contributed by atoms with Crippen molar-refractivity contribution in [1.82, 2.24) is 0 Å². The summed E-state index contributed by atoms with van der Waals surface area (Å²) in [6, 6.07) is 13.6. The van der Waals surface area contributed by atoms with Crippen molar-refractivity contribution >= 4 is 5.69 Å². The lowest BCUT2D eigenvalue weighted by Crippen LogP contribution is -2.08. The largest absolute Gasteiger partial charge is 0.416 e. The zero-order chi connectivity index (χ0) is 13.0. The van der Waals surface area contributed by atoms with Gasteiger partial charge in [0, 0.05) is 0 Å². The third kappa shape index (κ3) is 3.16. The predicted molar refractivity (Wildman–Crippen MR) is 62.1 cm³/mol. The van der Waals surface area contributed by atoms with Crippen LogP contribution >= 0.6 is 0 Å². The van der Waals surface area contributed by atoms with Crippen LogP contribution in [0.25, 0.3) is 0 Å². The van der Waals surface area contributed by atoms with Crippen molar-refractivity contribution in [3.63, 3.8) is 0 Å². The maximum atomic E-state index is 12.5. The van der Waals surface area contributed by atoms with Crippen molar-refractivity contribution in [2.24, 2.45) is 0 Å². The first kappa shape index (κ1) is 12.3. The average molecular weight is 253 g/mol. The number of anilines is 1. The fraction of sp³-hybridized carbons (Fsp3) is 0.0769. The Balaban J connectivity index is 2.06. The van der Waals surface area contributed by atoms with Crippen molar-refractivity contribution in [3.8, 4) is 5.75 Å². The van der Waals surface area contributed by atoms with Gasteiger partial charge in [0.05, 0.1) is 11.3 Å². The Morgan fingerprint density at radius 1 is 0.889 bits per heavy atom. The first-order valence-corrected chi connectivity index (χ1v) is 5.21. The number of halogens is 3. The molecule has 1 N–H and O–H groups in total. The molecule has 0 unspecified atom stereocenters. The number of benzene rings is 2. The van der Waals surface area contributed by atoms with Crippen LogP contribution < -0.4 is 10.3 Å². The zero-order valence-corrected chi connectivity index (χ0v) is 9.24. The second kappa shape index (κ2) is 5.00. The summed E-state index contributed by atoms with van der Waals surface area (Å²) in [7, 11) is 0. The van der Waals surface area contributed by atoms with Crippen LogP contribution in [-0.2, 0) is 6.18 Å². The number of para-hydroxylation sites is 1. The Morgan fingerprint density at radius 2 is 1.61 bits per heavy atom. The van der Waals surface area contributed by atoms with Crippen molar-refractivity contribution < 1.29 is 18.0 Å². The highest BCUT2D eigenvalue weighted by Gasteiger charge is 2.30. The normalized spacial score (nSPS) is 11.1. The third-order valence-corrected chi connectivity index (χ3v) is 2.22. The topological polar surface area (TPSA) is 21.3 Å². The molecule has 0 aromatic heterocycles. The van der Waals surface area contributed by atoms with Gasteiger partial charge >= 0.3 is 6.18 Å². The molecule has 2 rings (SSSR count). The molecule has 0 saturated carbocycles. The van der Waals surface area contributed by atoms with Gasteiger partial charge in [0.15, 0.2) is 5.75 Å². The summed E-state index contributed by atoms with van der Waals surface area (Å²) in [6.45, 7) is 0. The number of alkyl halides is 3. The molecular weight excluding hydrogens is 243 g/mol. The molecule has 0 aliphatic rings. The molecule has 2 nitrogen and oxygen atoms in total. The van der Waals surface area contributed by atoms with Crippen LogP contribution in [0.1, 0.15) is 5.56 Å². The summed E-state index contributed by atoms with van der Waals surface area (Å²) in [5, 5.41) is 0. The van der Waals surface area contributed by atoms with E-state index < -0.39 is 11.7 Å². The van der Waals surface area contributed by atoms with E-state index in [1.165, 1.54) is 12.1 Å². The molecule has 0 amide bonds. The van der Waals surface area contributed by atoms with Crippen LogP contribution in [0.4, 0.5) is 18.9 Å². The Kier molecular flexibility index (Phi) is 3.41. The first-order chi connectivity index (χ1) is 8.55. The molecule has 2 aromatic carbocycles. The third-order valence-electron chi connectivity index (χ3n) is 2.22. The summed E-state index contributed by atoms with van der Waals surface area (Å²) in [4.78, 5) is 5.14. The van der Waals surface area contributed by atoms with Gasteiger partial charge in [-0.05, 0) is 30.3 Å². The lowest BCUT2D eigenvalue weighted by atomic mass is 10.2. The van der Waals surface area contributed by atoms with E-state index in [0.29, 0.717) is 5.75 Å². The van der Waals surface area contributed by atoms with Gasteiger partial charge in [-0.15, -0.1) is 0 Å². The molecule has 18 heavy (non-hydrogen) atoms. The Labute approximate surface area is 102 Å². The Bertz CT molecular complexity index is 511. The molecule has 0 atom stereocenters. The smallest absolute Gasteiger partial charge is 0.382 e. The van der Waals surface area contributed by atoms with Gasteiger partial charge in [0.25, 0.3) is 0 Å². The van der Waals surface area contributed by atoms with Crippen LogP contribution in [0, 0.1) is 0 Å². The Morgan fingerprint density at radius 3 is 2.28 bits per heavy atom. The summed E-state index contributed by atoms with van der Waals surface area (Å²) < 4.78 is 37.4. The highest BCUT2D eigenvalue weighted by atomic mass is 19.4. The molecule has 0 aliphatic heterocycles. The van der Waals surface area contributed by atoms with E-state index in [9.17, 15) is 13.2 Å². The molecule has 94 valence electrons. The van der Waals surface area contributed by atoms with Crippen molar-refractivity contribution in [3.05, 3.63) is 60.2 Å². The minimum Gasteiger partial charge on any atom is -0.382 e. The molecular formula is C13H10F3NO. The minimum absolute atomic E-state index is 0.244. The molecule has 0 aliphatic carbocycles. The molecule has 2 aromatic rings. The molecule has 0 saturated heterocycles. The molecule has 0 fully saturated rings. The summed E-state index contributed by atoms with van der Waals surface area (Å²) in [5.41, 5.74) is 2.00. The average Bonchev–Trinajstić information content (AvgIpc) is 2.37. The van der Waals surface area contributed by atoms with E-state index in [1.54, 1.807) is 24.3 Å². The van der Waals surface area contributed by atoms with E-state index in [-0.39, 0.29) is 5.69 Å². The highest BCUT2D eigenvalue weighted by Crippen LogP contribution is 2.30. The van der Waals surface area contributed by atoms with Crippen molar-refractivity contribution in [1.29, 1.82) is 0 Å². The van der Waals surface area contributed by atoms with Gasteiger partial charge in [-0.25, -0.2) is 5.48 Å². The fourth-order valence-corrected chi connectivity index (χ4v) is 1.37. The summed E-state index contributed by atoms with van der Waals surface area (Å²) in [5.74, 6) is 0.523. The molecule has 0 radical (unpaired) electrons. The number of hydrogen-bond donors (Lipinski definition) is 1. The summed E-state index contributed by atoms with van der Waals surface area (Å²) >= 11 is 0. The second-order valence-electron chi connectivity index (χ2n) is 3.60. The van der Waals surface area contributed by atoms with Crippen LogP contribution in [0.3, 0.4) is 0 Å². The maximum absolute atomic E-state index is 12.5. The van der Waals surface area contributed by atoms with Gasteiger partial charge < -0.3 is 4.84 Å². The maximum Gasteiger partial charge on any atom is 0.416 e. The zero-order valence-electron chi connectivity index (χ0n) is 9.24. The van der Waals surface area contributed by atoms with Gasteiger partial charge in [0.2, 0.25) is 0 Å². The highest BCUT2D eigenvalue weighted by molar-refractivity contribution is 5.45. The van der Waals surface area contributed by atoms with Gasteiger partial charge in [-0.2, -0.15) is 13.2 Å². The van der Waals surface area contributed by atoms with Gasteiger partial charge in [-0.3, -0.25) is 0 Å². The minimum atomic E-state index is -4.36. The van der Waals surface area contributed by atoms with Crippen LogP contribution in [0.5, 0.6) is 5.75 Å². The van der Waals surface area contributed by atoms with E-state index in [0.717, 1.165) is 12.1 Å². The monoisotopic (exact) mass is 253 g/mol. The standard InChI is InChI=1S/C13H10F3NO/c14-13(15,16)10-5-4-6-11(9-10)17-18-12-7-2-1-3-8-12/h1-9,17H. The molecule has 0 heterocycles. The fourth-order valence-electron chi connectivity index (χ4n) is 1.37. The lowest BCUT2D eigenvalue weighted by molar-refractivity contribution is -0.137. The molecule has 0 bridgehead atoms. The Hall–Kier alpha value is -2.17. The van der Waals surface area contributed by atoms with E-state index in [2.05, 4.69) is 5.48 Å². The van der Waals surface area contributed by atoms with Gasteiger partial charge in [0.1, 0.15) is 0 Å². The number of nitrogens with one attached hydrogen (secondary N) is 1. The predicted octanol–water partition coefficient (Wildman–Crippen LogP) is 4.11. The van der Waals surface area contributed by atoms with E-state index in [4.69, 9.17) is 4.84 Å². The summed E-state index contributed by atoms with van der Waals surface area (Å²) in [6.07, 6.45) is -4.36. The number of hydrogen-bond acceptors (Lipinski definition) is 2. The van der Waals surface area contributed by atoms with Crippen molar-refractivity contribution in [2.75, 3.05) is 5.48 Å².